The quantitative estimate of drug-likeness (QED) is 0.392. The topological polar surface area (TPSA) is 151 Å². The lowest BCUT2D eigenvalue weighted by Crippen LogP contribution is -2.38. The molecule has 0 aliphatic heterocycles. The molecule has 0 aliphatic rings. The predicted octanol–water partition coefficient (Wildman–Crippen LogP) is 0.773. The largest absolute Gasteiger partial charge is 0.484 e. The number of nitrogens with one attached hydrogen (secondary N) is 2. The van der Waals surface area contributed by atoms with Gasteiger partial charge in [-0.15, -0.1) is 0 Å². The van der Waals surface area contributed by atoms with Gasteiger partial charge in [-0.3, -0.25) is 9.59 Å². The summed E-state index contributed by atoms with van der Waals surface area (Å²) in [6.45, 7) is -0.230. The molecule has 0 saturated carbocycles. The lowest BCUT2D eigenvalue weighted by atomic mass is 10.2. The zero-order chi connectivity index (χ0) is 21.9. The van der Waals surface area contributed by atoms with Crippen molar-refractivity contribution in [3.05, 3.63) is 59.7 Å². The van der Waals surface area contributed by atoms with Gasteiger partial charge < -0.3 is 30.3 Å². The van der Waals surface area contributed by atoms with Crippen LogP contribution >= 0.6 is 0 Å². The van der Waals surface area contributed by atoms with Crippen molar-refractivity contribution < 1.29 is 38.9 Å². The third kappa shape index (κ3) is 7.50. The molecule has 0 bridgehead atoms. The summed E-state index contributed by atoms with van der Waals surface area (Å²) in [5, 5.41) is 22.8. The Morgan fingerprint density at radius 3 is 1.77 bits per heavy atom. The number of hydrogen-bond acceptors (Lipinski definition) is 6. The van der Waals surface area contributed by atoms with E-state index in [-0.39, 0.29) is 43.2 Å². The minimum Gasteiger partial charge on any atom is -0.484 e. The maximum atomic E-state index is 11.7. The van der Waals surface area contributed by atoms with E-state index in [0.717, 1.165) is 0 Å². The second-order valence-electron chi connectivity index (χ2n) is 5.94. The lowest BCUT2D eigenvalue weighted by molar-refractivity contribution is -0.124. The molecule has 0 radical (unpaired) electrons. The molecule has 4 N–H and O–H groups in total. The van der Waals surface area contributed by atoms with Crippen LogP contribution in [0.5, 0.6) is 11.5 Å². The summed E-state index contributed by atoms with van der Waals surface area (Å²) >= 11 is 0. The molecule has 2 amide bonds. The second kappa shape index (κ2) is 11.1. The fourth-order valence-corrected chi connectivity index (χ4v) is 2.22. The number of ether oxygens (including phenoxy) is 2. The summed E-state index contributed by atoms with van der Waals surface area (Å²) in [6, 6.07) is 11.4. The zero-order valence-electron chi connectivity index (χ0n) is 15.8. The number of carboxylic acid groups (broad SMARTS) is 2. The molecular weight excluding hydrogens is 396 g/mol. The molecule has 10 heteroatoms. The van der Waals surface area contributed by atoms with Crippen molar-refractivity contribution in [1.29, 1.82) is 0 Å². The van der Waals surface area contributed by atoms with E-state index in [1.807, 2.05) is 0 Å². The van der Waals surface area contributed by atoms with Crippen LogP contribution in [0.3, 0.4) is 0 Å². The number of aromatic carboxylic acids is 2. The summed E-state index contributed by atoms with van der Waals surface area (Å²) < 4.78 is 10.5. The Kier molecular flexibility index (Phi) is 8.18. The molecule has 0 aromatic heterocycles. The number of hydrogen-bond donors (Lipinski definition) is 4. The molecule has 0 aliphatic carbocycles. The Labute approximate surface area is 171 Å². The van der Waals surface area contributed by atoms with Crippen molar-refractivity contribution in [2.24, 2.45) is 0 Å². The van der Waals surface area contributed by atoms with Gasteiger partial charge >= 0.3 is 11.9 Å². The Bertz CT molecular complexity index is 911. The molecule has 10 nitrogen and oxygen atoms in total. The van der Waals surface area contributed by atoms with Gasteiger partial charge in [0.05, 0.1) is 11.1 Å². The highest BCUT2D eigenvalue weighted by Gasteiger charge is 2.07. The lowest BCUT2D eigenvalue weighted by Gasteiger charge is -2.09. The molecule has 2 aromatic rings. The van der Waals surface area contributed by atoms with Gasteiger partial charge in [-0.05, 0) is 42.5 Å². The van der Waals surface area contributed by atoms with E-state index < -0.39 is 23.8 Å². The molecule has 2 rings (SSSR count). The molecule has 30 heavy (non-hydrogen) atoms. The highest BCUT2D eigenvalue weighted by Crippen LogP contribution is 2.13. The van der Waals surface area contributed by atoms with Crippen molar-refractivity contribution in [3.8, 4) is 11.5 Å². The van der Waals surface area contributed by atoms with E-state index in [9.17, 15) is 19.2 Å². The normalized spacial score (nSPS) is 10.0. The minimum atomic E-state index is -1.10. The van der Waals surface area contributed by atoms with Crippen LogP contribution in [0.4, 0.5) is 0 Å². The Hall–Kier alpha value is -4.08. The van der Waals surface area contributed by atoms with Crippen molar-refractivity contribution in [2.45, 2.75) is 0 Å². The molecule has 158 valence electrons. The Morgan fingerprint density at radius 2 is 1.23 bits per heavy atom. The van der Waals surface area contributed by atoms with Gasteiger partial charge in [0.25, 0.3) is 11.8 Å². The number of carbonyl (C=O) groups excluding carboxylic acids is 2. The fraction of sp³-hybridized carbons (Fsp3) is 0.200. The summed E-state index contributed by atoms with van der Waals surface area (Å²) in [7, 11) is 0. The third-order valence-corrected chi connectivity index (χ3v) is 3.69. The van der Waals surface area contributed by atoms with Gasteiger partial charge in [-0.1, -0.05) is 6.07 Å². The van der Waals surface area contributed by atoms with Crippen LogP contribution < -0.4 is 20.1 Å². The van der Waals surface area contributed by atoms with Crippen LogP contribution in [-0.2, 0) is 9.59 Å². The number of rotatable bonds is 11. The van der Waals surface area contributed by atoms with Gasteiger partial charge in [0, 0.05) is 13.1 Å². The van der Waals surface area contributed by atoms with E-state index in [4.69, 9.17) is 19.7 Å². The van der Waals surface area contributed by atoms with Gasteiger partial charge in [-0.25, -0.2) is 9.59 Å². The predicted molar refractivity (Wildman–Crippen MR) is 104 cm³/mol. The molecule has 0 atom stereocenters. The highest BCUT2D eigenvalue weighted by molar-refractivity contribution is 5.88. The Morgan fingerprint density at radius 1 is 0.700 bits per heavy atom. The van der Waals surface area contributed by atoms with Crippen molar-refractivity contribution in [1.82, 2.24) is 10.6 Å². The summed E-state index contributed by atoms with van der Waals surface area (Å²) in [5.41, 5.74) is 0.164. The highest BCUT2D eigenvalue weighted by atomic mass is 16.5. The monoisotopic (exact) mass is 416 g/mol. The van der Waals surface area contributed by atoms with Crippen LogP contribution in [0.1, 0.15) is 20.7 Å². The first-order valence-electron chi connectivity index (χ1n) is 8.81. The van der Waals surface area contributed by atoms with Crippen LogP contribution in [0.15, 0.2) is 48.5 Å². The van der Waals surface area contributed by atoms with E-state index in [2.05, 4.69) is 10.6 Å². The van der Waals surface area contributed by atoms with Gasteiger partial charge in [0.1, 0.15) is 11.5 Å². The van der Waals surface area contributed by atoms with Gasteiger partial charge in [0.2, 0.25) is 0 Å². The first kappa shape index (κ1) is 22.2. The van der Waals surface area contributed by atoms with E-state index >= 15 is 0 Å². The third-order valence-electron chi connectivity index (χ3n) is 3.69. The van der Waals surface area contributed by atoms with Gasteiger partial charge in [-0.2, -0.15) is 0 Å². The number of carbonyl (C=O) groups is 4. The maximum Gasteiger partial charge on any atom is 0.335 e. The molecule has 0 heterocycles. The molecule has 0 unspecified atom stereocenters. The van der Waals surface area contributed by atoms with Crippen molar-refractivity contribution in [2.75, 3.05) is 26.3 Å². The van der Waals surface area contributed by atoms with Crippen LogP contribution in [0.25, 0.3) is 0 Å². The molecule has 0 saturated heterocycles. The Balaban J connectivity index is 1.60. The molecular formula is C20H20N2O8. The zero-order valence-corrected chi connectivity index (χ0v) is 15.8. The number of carboxylic acids is 2. The summed E-state index contributed by atoms with van der Waals surface area (Å²) in [4.78, 5) is 45.1. The van der Waals surface area contributed by atoms with Crippen LogP contribution in [-0.4, -0.2) is 60.3 Å². The smallest absolute Gasteiger partial charge is 0.335 e. The van der Waals surface area contributed by atoms with Gasteiger partial charge in [0.15, 0.2) is 13.2 Å². The fourth-order valence-electron chi connectivity index (χ4n) is 2.22. The second-order valence-corrected chi connectivity index (χ2v) is 5.94. The van der Waals surface area contributed by atoms with Crippen molar-refractivity contribution in [3.63, 3.8) is 0 Å². The molecule has 2 aromatic carbocycles. The number of benzene rings is 2. The first-order valence-corrected chi connectivity index (χ1v) is 8.81. The van der Waals surface area contributed by atoms with Crippen LogP contribution in [0.2, 0.25) is 0 Å². The standard InChI is InChI=1S/C20H20N2O8/c23-17(11-29-15-6-4-13(5-7-15)19(25)26)21-8-9-22-18(24)12-30-16-3-1-2-14(10-16)20(27)28/h1-7,10H,8-9,11-12H2,(H,21,23)(H,22,24)(H,25,26)(H,27,28). The summed E-state index contributed by atoms with van der Waals surface area (Å²) in [5.74, 6) is -2.38. The van der Waals surface area contributed by atoms with E-state index in [1.165, 1.54) is 48.5 Å². The number of amides is 2. The van der Waals surface area contributed by atoms with Crippen molar-refractivity contribution >= 4 is 23.8 Å². The maximum absolute atomic E-state index is 11.7. The SMILES string of the molecule is O=C(COc1ccc(C(=O)O)cc1)NCCNC(=O)COc1cccc(C(=O)O)c1. The average Bonchev–Trinajstić information content (AvgIpc) is 2.74. The molecule has 0 spiro atoms. The average molecular weight is 416 g/mol. The summed E-state index contributed by atoms with van der Waals surface area (Å²) in [6.07, 6.45) is 0. The minimum absolute atomic E-state index is 0.0515. The van der Waals surface area contributed by atoms with E-state index in [0.29, 0.717) is 5.75 Å². The van der Waals surface area contributed by atoms with E-state index in [1.54, 1.807) is 0 Å². The first-order chi connectivity index (χ1) is 14.3. The van der Waals surface area contributed by atoms with Crippen LogP contribution in [0, 0.1) is 0 Å². The molecule has 0 fully saturated rings.